The molecule has 0 aliphatic carbocycles. The third-order valence-corrected chi connectivity index (χ3v) is 3.87. The van der Waals surface area contributed by atoms with Crippen LogP contribution in [0, 0.1) is 10.1 Å². The molecular weight excluding hydrogens is 376 g/mol. The van der Waals surface area contributed by atoms with Gasteiger partial charge in [0.15, 0.2) is 5.96 Å². The van der Waals surface area contributed by atoms with E-state index in [1.165, 1.54) is 36.4 Å². The molecule has 2 aromatic carbocycles. The SMILES string of the molecule is [2H]c1ccccc1C(=O)N[C@@H](CCCN=C(N)N)C(=O)Nc1ccc([N+](=O)[O-])cc1. The fourth-order valence-electron chi connectivity index (χ4n) is 2.44. The van der Waals surface area contributed by atoms with Gasteiger partial charge in [-0.25, -0.2) is 0 Å². The predicted octanol–water partition coefficient (Wildman–Crippen LogP) is 1.39. The summed E-state index contributed by atoms with van der Waals surface area (Å²) in [5, 5.41) is 16.0. The molecule has 29 heavy (non-hydrogen) atoms. The van der Waals surface area contributed by atoms with Crippen LogP contribution in [0.1, 0.15) is 24.6 Å². The number of nitrogens with one attached hydrogen (secondary N) is 2. The van der Waals surface area contributed by atoms with Crippen molar-refractivity contribution >= 4 is 29.1 Å². The minimum Gasteiger partial charge on any atom is -0.370 e. The summed E-state index contributed by atoms with van der Waals surface area (Å²) < 4.78 is 7.84. The maximum absolute atomic E-state index is 12.7. The van der Waals surface area contributed by atoms with Gasteiger partial charge in [0.25, 0.3) is 11.6 Å². The molecule has 152 valence electrons. The van der Waals surface area contributed by atoms with Gasteiger partial charge in [-0.3, -0.25) is 24.7 Å². The molecule has 0 saturated heterocycles. The molecule has 10 nitrogen and oxygen atoms in total. The molecular formula is C19H22N6O4. The Balaban J connectivity index is 2.11. The van der Waals surface area contributed by atoms with Crippen LogP contribution in [0.2, 0.25) is 0 Å². The number of rotatable bonds is 9. The van der Waals surface area contributed by atoms with Crippen LogP contribution in [0.25, 0.3) is 0 Å². The maximum atomic E-state index is 12.7. The first-order valence-corrected chi connectivity index (χ1v) is 8.75. The van der Waals surface area contributed by atoms with E-state index in [9.17, 15) is 19.7 Å². The van der Waals surface area contributed by atoms with Gasteiger partial charge in [0, 0.05) is 29.9 Å². The zero-order valence-electron chi connectivity index (χ0n) is 16.5. The summed E-state index contributed by atoms with van der Waals surface area (Å²) in [5.74, 6) is -1.15. The first-order chi connectivity index (χ1) is 14.3. The molecule has 0 unspecified atom stereocenters. The van der Waals surface area contributed by atoms with Gasteiger partial charge in [0.1, 0.15) is 6.04 Å². The van der Waals surface area contributed by atoms with Crippen molar-refractivity contribution in [3.05, 3.63) is 70.3 Å². The lowest BCUT2D eigenvalue weighted by Gasteiger charge is -2.18. The van der Waals surface area contributed by atoms with Gasteiger partial charge in [0.2, 0.25) is 5.91 Å². The van der Waals surface area contributed by atoms with E-state index in [2.05, 4.69) is 15.6 Å². The van der Waals surface area contributed by atoms with E-state index in [0.717, 1.165) is 0 Å². The van der Waals surface area contributed by atoms with E-state index in [1.54, 1.807) is 12.1 Å². The number of benzene rings is 2. The van der Waals surface area contributed by atoms with Crippen molar-refractivity contribution < 1.29 is 15.9 Å². The summed E-state index contributed by atoms with van der Waals surface area (Å²) >= 11 is 0. The molecule has 1 atom stereocenters. The number of carbonyl (C=O) groups is 2. The molecule has 0 aliphatic heterocycles. The summed E-state index contributed by atoms with van der Waals surface area (Å²) in [4.78, 5) is 39.3. The van der Waals surface area contributed by atoms with Crippen molar-refractivity contribution in [1.29, 1.82) is 0 Å². The van der Waals surface area contributed by atoms with Crippen LogP contribution in [0.4, 0.5) is 11.4 Å². The van der Waals surface area contributed by atoms with Gasteiger partial charge in [-0.1, -0.05) is 18.2 Å². The first-order valence-electron chi connectivity index (χ1n) is 9.25. The molecule has 2 amide bonds. The zero-order valence-corrected chi connectivity index (χ0v) is 15.5. The molecule has 2 aromatic rings. The van der Waals surface area contributed by atoms with Crippen molar-refractivity contribution in [2.24, 2.45) is 16.5 Å². The number of carbonyl (C=O) groups excluding carboxylic acids is 2. The molecule has 0 aromatic heterocycles. The molecule has 6 N–H and O–H groups in total. The first kappa shape index (κ1) is 19.8. The quantitative estimate of drug-likeness (QED) is 0.163. The number of nitro groups is 1. The maximum Gasteiger partial charge on any atom is 0.269 e. The van der Waals surface area contributed by atoms with Crippen LogP contribution in [-0.4, -0.2) is 35.3 Å². The summed E-state index contributed by atoms with van der Waals surface area (Å²) in [5.41, 5.74) is 10.9. The third-order valence-electron chi connectivity index (χ3n) is 3.87. The molecule has 0 heterocycles. The number of nitro benzene ring substituents is 1. The second-order valence-electron chi connectivity index (χ2n) is 6.04. The van der Waals surface area contributed by atoms with Crippen LogP contribution >= 0.6 is 0 Å². The number of nitrogens with zero attached hydrogens (tertiary/aromatic N) is 2. The van der Waals surface area contributed by atoms with Crippen LogP contribution in [0.15, 0.2) is 59.6 Å². The summed E-state index contributed by atoms with van der Waals surface area (Å²) in [6, 6.07) is 10.6. The number of hydrogen-bond donors (Lipinski definition) is 4. The average Bonchev–Trinajstić information content (AvgIpc) is 2.70. The van der Waals surface area contributed by atoms with Crippen LogP contribution in [0.3, 0.4) is 0 Å². The topological polar surface area (TPSA) is 166 Å². The molecule has 2 rings (SSSR count). The fourth-order valence-corrected chi connectivity index (χ4v) is 2.44. The number of aliphatic imine (C=N–C) groups is 1. The second kappa shape index (κ2) is 10.4. The smallest absolute Gasteiger partial charge is 0.269 e. The highest BCUT2D eigenvalue weighted by Gasteiger charge is 2.21. The monoisotopic (exact) mass is 399 g/mol. The highest BCUT2D eigenvalue weighted by Crippen LogP contribution is 2.16. The zero-order chi connectivity index (χ0) is 22.1. The van der Waals surface area contributed by atoms with E-state index < -0.39 is 22.8 Å². The van der Waals surface area contributed by atoms with Gasteiger partial charge >= 0.3 is 0 Å². The predicted molar refractivity (Wildman–Crippen MR) is 109 cm³/mol. The standard InChI is InChI=1S/C19H22N6O4/c20-19(21)22-12-4-7-16(24-17(26)13-5-2-1-3-6-13)18(27)23-14-8-10-15(11-9-14)25(28)29/h1-3,5-6,8-11,16H,4,7,12H2,(H,23,27)(H,24,26)(H4,20,21,22)/t16-/m0/s1/i5D. The lowest BCUT2D eigenvalue weighted by Crippen LogP contribution is -2.44. The normalized spacial score (nSPS) is 11.7. The van der Waals surface area contributed by atoms with Crippen molar-refractivity contribution in [3.63, 3.8) is 0 Å². The van der Waals surface area contributed by atoms with Crippen molar-refractivity contribution in [3.8, 4) is 0 Å². The molecule has 0 saturated carbocycles. The van der Waals surface area contributed by atoms with Crippen molar-refractivity contribution in [1.82, 2.24) is 5.32 Å². The molecule has 0 fully saturated rings. The lowest BCUT2D eigenvalue weighted by molar-refractivity contribution is -0.384. The Labute approximate surface area is 168 Å². The summed E-state index contributed by atoms with van der Waals surface area (Å²) in [6.45, 7) is 0.272. The van der Waals surface area contributed by atoms with Gasteiger partial charge in [-0.2, -0.15) is 0 Å². The Bertz CT molecular complexity index is 944. The minimum atomic E-state index is -0.929. The average molecular weight is 399 g/mol. The number of guanidine groups is 1. The molecule has 0 spiro atoms. The highest BCUT2D eigenvalue weighted by molar-refractivity contribution is 6.01. The number of anilines is 1. The fraction of sp³-hybridized carbons (Fsp3) is 0.211. The van der Waals surface area contributed by atoms with Gasteiger partial charge < -0.3 is 22.1 Å². The lowest BCUT2D eigenvalue weighted by atomic mass is 10.1. The van der Waals surface area contributed by atoms with E-state index in [0.29, 0.717) is 12.1 Å². The van der Waals surface area contributed by atoms with Crippen LogP contribution in [0.5, 0.6) is 0 Å². The van der Waals surface area contributed by atoms with E-state index in [-0.39, 0.29) is 36.2 Å². The van der Waals surface area contributed by atoms with E-state index >= 15 is 0 Å². The van der Waals surface area contributed by atoms with E-state index in [4.69, 9.17) is 12.8 Å². The molecule has 0 bridgehead atoms. The largest absolute Gasteiger partial charge is 0.370 e. The van der Waals surface area contributed by atoms with Gasteiger partial charge in [-0.05, 0) is 37.1 Å². The van der Waals surface area contributed by atoms with Crippen molar-refractivity contribution in [2.75, 3.05) is 11.9 Å². The summed E-state index contributed by atoms with van der Waals surface area (Å²) in [6.07, 6.45) is 0.653. The second-order valence-corrected chi connectivity index (χ2v) is 6.04. The third kappa shape index (κ3) is 6.94. The number of non-ortho nitro benzene ring substituents is 1. The summed E-state index contributed by atoms with van der Waals surface area (Å²) in [7, 11) is 0. The number of hydrogen-bond acceptors (Lipinski definition) is 5. The van der Waals surface area contributed by atoms with E-state index in [1.807, 2.05) is 0 Å². The Morgan fingerprint density at radius 1 is 1.17 bits per heavy atom. The highest BCUT2D eigenvalue weighted by atomic mass is 16.6. The molecule has 0 radical (unpaired) electrons. The Morgan fingerprint density at radius 2 is 1.90 bits per heavy atom. The van der Waals surface area contributed by atoms with Crippen molar-refractivity contribution in [2.45, 2.75) is 18.9 Å². The number of amides is 2. The Morgan fingerprint density at radius 3 is 2.52 bits per heavy atom. The van der Waals surface area contributed by atoms with Crippen LogP contribution < -0.4 is 22.1 Å². The Hall–Kier alpha value is -3.95. The molecule has 10 heteroatoms. The van der Waals surface area contributed by atoms with Gasteiger partial charge in [0.05, 0.1) is 6.29 Å². The van der Waals surface area contributed by atoms with Crippen LogP contribution in [-0.2, 0) is 4.79 Å². The molecule has 0 aliphatic rings. The Kier molecular flexibility index (Phi) is 7.10. The minimum absolute atomic E-state index is 0.0324. The number of nitrogens with two attached hydrogens (primary N) is 2. The van der Waals surface area contributed by atoms with Gasteiger partial charge in [-0.15, -0.1) is 0 Å².